The van der Waals surface area contributed by atoms with Gasteiger partial charge >= 0.3 is 11.8 Å². The van der Waals surface area contributed by atoms with Crippen LogP contribution < -0.4 is 11.1 Å². The lowest BCUT2D eigenvalue weighted by molar-refractivity contribution is -0.143. The third kappa shape index (κ3) is 4.50. The molecule has 2 amide bonds. The second-order valence-electron chi connectivity index (χ2n) is 7.32. The van der Waals surface area contributed by atoms with Crippen LogP contribution in [0.2, 0.25) is 0 Å². The van der Waals surface area contributed by atoms with Gasteiger partial charge in [-0.05, 0) is 36.1 Å². The summed E-state index contributed by atoms with van der Waals surface area (Å²) in [4.78, 5) is 31.0. The number of hydrogen-bond donors (Lipinski definition) is 3. The Kier molecular flexibility index (Phi) is 5.76. The van der Waals surface area contributed by atoms with Crippen LogP contribution in [-0.4, -0.2) is 38.4 Å². The molecule has 29 heavy (non-hydrogen) atoms. The molecule has 0 saturated carbocycles. The molecule has 3 aromatic rings. The number of carbonyl (C=O) groups excluding carboxylic acids is 2. The van der Waals surface area contributed by atoms with E-state index in [9.17, 15) is 14.0 Å². The predicted molar refractivity (Wildman–Crippen MR) is 108 cm³/mol. The van der Waals surface area contributed by atoms with Crippen molar-refractivity contribution in [3.8, 4) is 0 Å². The molecule has 0 unspecified atom stereocenters. The zero-order valence-electron chi connectivity index (χ0n) is 16.5. The Morgan fingerprint density at radius 3 is 2.76 bits per heavy atom. The number of pyridine rings is 1. The molecule has 0 spiro atoms. The van der Waals surface area contributed by atoms with Crippen LogP contribution in [0.4, 0.5) is 15.9 Å². The van der Waals surface area contributed by atoms with Gasteiger partial charge in [-0.1, -0.05) is 19.9 Å². The molecule has 1 aromatic carbocycles. The normalized spacial score (nSPS) is 11.1. The van der Waals surface area contributed by atoms with Gasteiger partial charge in [-0.15, -0.1) is 0 Å². The highest BCUT2D eigenvalue weighted by Crippen LogP contribution is 2.24. The van der Waals surface area contributed by atoms with Crippen molar-refractivity contribution >= 4 is 34.2 Å². The number of fused-ring (bicyclic) bond motifs is 1. The van der Waals surface area contributed by atoms with Gasteiger partial charge in [0.2, 0.25) is 0 Å². The SMILES string of the molecule is Cc1cc(F)ccc1CN(CC(C)C)C(=O)C(=O)Nc1cnc(N)c2cn[nH]c12. The molecule has 0 aliphatic heterocycles. The third-order valence-electron chi connectivity index (χ3n) is 4.50. The van der Waals surface area contributed by atoms with Crippen LogP contribution in [0, 0.1) is 18.7 Å². The summed E-state index contributed by atoms with van der Waals surface area (Å²) in [6.07, 6.45) is 2.87. The van der Waals surface area contributed by atoms with Crippen LogP contribution in [0.1, 0.15) is 25.0 Å². The molecule has 0 aliphatic carbocycles. The Morgan fingerprint density at radius 1 is 1.31 bits per heavy atom. The number of aromatic amines is 1. The van der Waals surface area contributed by atoms with Crippen LogP contribution >= 0.6 is 0 Å². The molecule has 0 fully saturated rings. The fourth-order valence-electron chi connectivity index (χ4n) is 3.07. The number of nitrogen functional groups attached to an aromatic ring is 1. The molecule has 0 bridgehead atoms. The van der Waals surface area contributed by atoms with Gasteiger partial charge in [0.1, 0.15) is 11.6 Å². The number of anilines is 2. The van der Waals surface area contributed by atoms with E-state index in [4.69, 9.17) is 5.73 Å². The second kappa shape index (κ2) is 8.26. The van der Waals surface area contributed by atoms with Crippen molar-refractivity contribution < 1.29 is 14.0 Å². The Balaban J connectivity index is 1.82. The highest BCUT2D eigenvalue weighted by molar-refractivity contribution is 6.40. The molecule has 2 heterocycles. The van der Waals surface area contributed by atoms with Crippen molar-refractivity contribution in [2.45, 2.75) is 27.3 Å². The first-order chi connectivity index (χ1) is 13.8. The van der Waals surface area contributed by atoms with E-state index in [-0.39, 0.29) is 24.1 Å². The molecule has 0 atom stereocenters. The fourth-order valence-corrected chi connectivity index (χ4v) is 3.07. The average molecular weight is 398 g/mol. The highest BCUT2D eigenvalue weighted by atomic mass is 19.1. The van der Waals surface area contributed by atoms with Crippen LogP contribution in [0.15, 0.2) is 30.6 Å². The van der Waals surface area contributed by atoms with E-state index in [0.717, 1.165) is 5.56 Å². The number of nitrogens with two attached hydrogens (primary N) is 1. The maximum absolute atomic E-state index is 13.4. The Hall–Kier alpha value is -3.49. The summed E-state index contributed by atoms with van der Waals surface area (Å²) in [5, 5.41) is 9.78. The van der Waals surface area contributed by atoms with Crippen molar-refractivity contribution in [3.05, 3.63) is 47.5 Å². The van der Waals surface area contributed by atoms with Gasteiger partial charge in [-0.25, -0.2) is 9.37 Å². The lowest BCUT2D eigenvalue weighted by Gasteiger charge is -2.25. The number of aromatic nitrogens is 3. The van der Waals surface area contributed by atoms with Gasteiger partial charge in [0.25, 0.3) is 0 Å². The number of nitrogens with one attached hydrogen (secondary N) is 2. The Labute approximate surface area is 167 Å². The molecule has 152 valence electrons. The molecule has 3 rings (SSSR count). The van der Waals surface area contributed by atoms with Crippen molar-refractivity contribution in [1.29, 1.82) is 0 Å². The monoisotopic (exact) mass is 398 g/mol. The molecule has 0 radical (unpaired) electrons. The predicted octanol–water partition coefficient (Wildman–Crippen LogP) is 2.61. The number of aryl methyl sites for hydroxylation is 1. The second-order valence-corrected chi connectivity index (χ2v) is 7.32. The molecule has 0 aliphatic rings. The van der Waals surface area contributed by atoms with Crippen LogP contribution in [0.3, 0.4) is 0 Å². The van der Waals surface area contributed by atoms with Crippen LogP contribution in [0.5, 0.6) is 0 Å². The van der Waals surface area contributed by atoms with E-state index in [2.05, 4.69) is 20.5 Å². The third-order valence-corrected chi connectivity index (χ3v) is 4.50. The number of benzene rings is 1. The van der Waals surface area contributed by atoms with E-state index in [1.807, 2.05) is 13.8 Å². The molecule has 8 nitrogen and oxygen atoms in total. The summed E-state index contributed by atoms with van der Waals surface area (Å²) in [6, 6.07) is 4.37. The summed E-state index contributed by atoms with van der Waals surface area (Å²) in [5.41, 5.74) is 8.08. The number of H-pyrrole nitrogens is 1. The summed E-state index contributed by atoms with van der Waals surface area (Å²) < 4.78 is 13.4. The van der Waals surface area contributed by atoms with Gasteiger partial charge < -0.3 is 16.0 Å². The first kappa shape index (κ1) is 20.2. The van der Waals surface area contributed by atoms with Gasteiger partial charge in [-0.2, -0.15) is 5.10 Å². The number of halogens is 1. The van der Waals surface area contributed by atoms with Crippen molar-refractivity contribution in [3.63, 3.8) is 0 Å². The van der Waals surface area contributed by atoms with Crippen LogP contribution in [-0.2, 0) is 16.1 Å². The maximum atomic E-state index is 13.4. The van der Waals surface area contributed by atoms with Crippen molar-refractivity contribution in [1.82, 2.24) is 20.1 Å². The Morgan fingerprint density at radius 2 is 2.07 bits per heavy atom. The lowest BCUT2D eigenvalue weighted by Crippen LogP contribution is -2.41. The fraction of sp³-hybridized carbons (Fsp3) is 0.300. The minimum absolute atomic E-state index is 0.144. The number of hydrogen-bond acceptors (Lipinski definition) is 5. The standard InChI is InChI=1S/C20H23FN6O2/c1-11(2)9-27(10-13-4-5-14(21)6-12(13)3)20(29)19(28)25-16-8-23-18(22)15-7-24-26-17(15)16/h4-8,11H,9-10H2,1-3H3,(H2,22,23)(H,24,26)(H,25,28). The van der Waals surface area contributed by atoms with Crippen molar-refractivity contribution in [2.24, 2.45) is 5.92 Å². The summed E-state index contributed by atoms with van der Waals surface area (Å²) in [6.45, 7) is 6.26. The Bertz CT molecular complexity index is 1060. The van der Waals surface area contributed by atoms with Crippen LogP contribution in [0.25, 0.3) is 10.9 Å². The number of carbonyl (C=O) groups is 2. The van der Waals surface area contributed by atoms with E-state index in [1.54, 1.807) is 13.0 Å². The first-order valence-corrected chi connectivity index (χ1v) is 9.19. The molecule has 2 aromatic heterocycles. The lowest BCUT2D eigenvalue weighted by atomic mass is 10.1. The summed E-state index contributed by atoms with van der Waals surface area (Å²) in [5.74, 6) is -1.42. The average Bonchev–Trinajstić information content (AvgIpc) is 3.15. The highest BCUT2D eigenvalue weighted by Gasteiger charge is 2.24. The minimum Gasteiger partial charge on any atom is -0.383 e. The minimum atomic E-state index is -0.798. The molecular formula is C20H23FN6O2. The largest absolute Gasteiger partial charge is 0.383 e. The maximum Gasteiger partial charge on any atom is 0.314 e. The number of amides is 2. The number of nitrogens with zero attached hydrogens (tertiary/aromatic N) is 3. The topological polar surface area (TPSA) is 117 Å². The van der Waals surface area contributed by atoms with Gasteiger partial charge in [-0.3, -0.25) is 14.7 Å². The smallest absolute Gasteiger partial charge is 0.314 e. The summed E-state index contributed by atoms with van der Waals surface area (Å²) in [7, 11) is 0. The summed E-state index contributed by atoms with van der Waals surface area (Å²) >= 11 is 0. The molecule has 4 N–H and O–H groups in total. The van der Waals surface area contributed by atoms with Gasteiger partial charge in [0.15, 0.2) is 0 Å². The zero-order valence-corrected chi connectivity index (χ0v) is 16.5. The van der Waals surface area contributed by atoms with E-state index >= 15 is 0 Å². The quantitative estimate of drug-likeness (QED) is 0.571. The number of rotatable bonds is 5. The van der Waals surface area contributed by atoms with E-state index in [0.29, 0.717) is 28.7 Å². The van der Waals surface area contributed by atoms with E-state index in [1.165, 1.54) is 29.4 Å². The zero-order chi connectivity index (χ0) is 21.1. The van der Waals surface area contributed by atoms with E-state index < -0.39 is 11.8 Å². The molecular weight excluding hydrogens is 375 g/mol. The van der Waals surface area contributed by atoms with Gasteiger partial charge in [0, 0.05) is 13.1 Å². The first-order valence-electron chi connectivity index (χ1n) is 9.19. The molecule has 0 saturated heterocycles. The van der Waals surface area contributed by atoms with Gasteiger partial charge in [0.05, 0.1) is 29.0 Å². The molecule has 9 heteroatoms. The van der Waals surface area contributed by atoms with Crippen molar-refractivity contribution in [2.75, 3.05) is 17.6 Å².